The van der Waals surface area contributed by atoms with Gasteiger partial charge < -0.3 is 15.2 Å². The maximum Gasteiger partial charge on any atom is 0.408 e. The normalized spacial score (nSPS) is 12.5. The van der Waals surface area contributed by atoms with Crippen molar-refractivity contribution in [3.63, 3.8) is 0 Å². The van der Waals surface area contributed by atoms with Gasteiger partial charge in [-0.15, -0.1) is 0 Å². The number of nitrogens with one attached hydrogen (secondary N) is 1. The molecule has 2 atom stereocenters. The maximum absolute atomic E-state index is 12.8. The van der Waals surface area contributed by atoms with Gasteiger partial charge in [-0.2, -0.15) is 0 Å². The van der Waals surface area contributed by atoms with Crippen LogP contribution in [0.3, 0.4) is 0 Å². The minimum atomic E-state index is -1.15. The smallest absolute Gasteiger partial charge is 0.408 e. The Bertz CT molecular complexity index is 779. The first-order valence-electron chi connectivity index (χ1n) is 8.48. The van der Waals surface area contributed by atoms with Crippen molar-refractivity contribution < 1.29 is 24.2 Å². The average Bonchev–Trinajstić information content (AvgIpc) is 2.68. The van der Waals surface area contributed by atoms with E-state index < -0.39 is 30.1 Å². The number of hydrogen-bond donors (Lipinski definition) is 2. The summed E-state index contributed by atoms with van der Waals surface area (Å²) in [5, 5.41) is 11.8. The molecule has 7 nitrogen and oxygen atoms in total. The standard InChI is InChI=1S/C20H22N2O5/c1-14(21-20(26)27-13-16-9-5-3-6-10-16)18(23)22(15(2)19(24)25)17-11-7-4-8-12-17/h3-12,14-15H,13H2,1-2H3,(H,21,26)(H,24,25)/t14-,15-/m0/s1. The number of ether oxygens (including phenoxy) is 1. The molecular formula is C20H22N2O5. The molecule has 0 saturated heterocycles. The van der Waals surface area contributed by atoms with Crippen LogP contribution in [-0.4, -0.2) is 35.2 Å². The molecule has 142 valence electrons. The number of para-hydroxylation sites is 1. The first kappa shape index (κ1) is 20.0. The number of hydrogen-bond acceptors (Lipinski definition) is 4. The first-order chi connectivity index (χ1) is 12.9. The van der Waals surface area contributed by atoms with Crippen molar-refractivity contribution in [2.75, 3.05) is 4.90 Å². The molecule has 0 spiro atoms. The molecule has 0 aliphatic rings. The highest BCUT2D eigenvalue weighted by atomic mass is 16.5. The van der Waals surface area contributed by atoms with Crippen LogP contribution in [0, 0.1) is 0 Å². The summed E-state index contributed by atoms with van der Waals surface area (Å²) in [5.41, 5.74) is 1.25. The molecule has 2 rings (SSSR count). The molecule has 0 radical (unpaired) electrons. The molecule has 0 fully saturated rings. The third-order valence-electron chi connectivity index (χ3n) is 3.93. The number of amides is 2. The van der Waals surface area contributed by atoms with Gasteiger partial charge in [-0.1, -0.05) is 48.5 Å². The van der Waals surface area contributed by atoms with Crippen LogP contribution in [0.1, 0.15) is 19.4 Å². The largest absolute Gasteiger partial charge is 0.480 e. The van der Waals surface area contributed by atoms with Crippen molar-refractivity contribution in [2.24, 2.45) is 0 Å². The minimum Gasteiger partial charge on any atom is -0.480 e. The summed E-state index contributed by atoms with van der Waals surface area (Å²) in [5.74, 6) is -1.70. The predicted molar refractivity (Wildman–Crippen MR) is 100 cm³/mol. The number of carboxylic acids is 1. The highest BCUT2D eigenvalue weighted by molar-refractivity contribution is 6.02. The van der Waals surface area contributed by atoms with Crippen LogP contribution in [0.15, 0.2) is 60.7 Å². The molecule has 27 heavy (non-hydrogen) atoms. The number of carbonyl (C=O) groups is 3. The van der Waals surface area contributed by atoms with E-state index in [1.807, 2.05) is 30.3 Å². The van der Waals surface area contributed by atoms with Gasteiger partial charge in [-0.3, -0.25) is 9.69 Å². The molecular weight excluding hydrogens is 348 g/mol. The van der Waals surface area contributed by atoms with Gasteiger partial charge in [-0.05, 0) is 31.5 Å². The fraction of sp³-hybridized carbons (Fsp3) is 0.250. The van der Waals surface area contributed by atoms with Gasteiger partial charge >= 0.3 is 12.1 Å². The molecule has 0 aliphatic carbocycles. The first-order valence-corrected chi connectivity index (χ1v) is 8.48. The topological polar surface area (TPSA) is 95.9 Å². The van der Waals surface area contributed by atoms with E-state index in [0.29, 0.717) is 5.69 Å². The minimum absolute atomic E-state index is 0.0709. The Hall–Kier alpha value is -3.35. The van der Waals surface area contributed by atoms with Crippen LogP contribution in [0.25, 0.3) is 0 Å². The van der Waals surface area contributed by atoms with Crippen molar-refractivity contribution >= 4 is 23.7 Å². The monoisotopic (exact) mass is 370 g/mol. The SMILES string of the molecule is C[C@H](NC(=O)OCc1ccccc1)C(=O)N(c1ccccc1)[C@@H](C)C(=O)O. The second kappa shape index (κ2) is 9.38. The van der Waals surface area contributed by atoms with Crippen LogP contribution in [0.5, 0.6) is 0 Å². The molecule has 0 bridgehead atoms. The molecule has 0 heterocycles. The molecule has 2 amide bonds. The molecule has 0 aromatic heterocycles. The van der Waals surface area contributed by atoms with Crippen LogP contribution in [-0.2, 0) is 20.9 Å². The van der Waals surface area contributed by atoms with Crippen molar-refractivity contribution in [3.8, 4) is 0 Å². The fourth-order valence-electron chi connectivity index (χ4n) is 2.45. The summed E-state index contributed by atoms with van der Waals surface area (Å²) in [4.78, 5) is 37.3. The number of carbonyl (C=O) groups excluding carboxylic acids is 2. The Morgan fingerprint density at radius 3 is 2.11 bits per heavy atom. The molecule has 0 unspecified atom stereocenters. The summed E-state index contributed by atoms with van der Waals surface area (Å²) >= 11 is 0. The van der Waals surface area contributed by atoms with E-state index in [1.54, 1.807) is 30.3 Å². The molecule has 2 N–H and O–H groups in total. The summed E-state index contributed by atoms with van der Waals surface area (Å²) < 4.78 is 5.11. The summed E-state index contributed by atoms with van der Waals surface area (Å²) in [6.45, 7) is 2.96. The Morgan fingerprint density at radius 2 is 1.56 bits per heavy atom. The number of aliphatic carboxylic acids is 1. The van der Waals surface area contributed by atoms with Crippen LogP contribution in [0.4, 0.5) is 10.5 Å². The zero-order valence-corrected chi connectivity index (χ0v) is 15.2. The Morgan fingerprint density at radius 1 is 1.00 bits per heavy atom. The number of nitrogens with zero attached hydrogens (tertiary/aromatic N) is 1. The van der Waals surface area contributed by atoms with Gasteiger partial charge in [0.25, 0.3) is 0 Å². The quantitative estimate of drug-likeness (QED) is 0.781. The number of benzene rings is 2. The van der Waals surface area contributed by atoms with E-state index in [4.69, 9.17) is 4.74 Å². The number of alkyl carbamates (subject to hydrolysis) is 1. The van der Waals surface area contributed by atoms with E-state index >= 15 is 0 Å². The van der Waals surface area contributed by atoms with Gasteiger partial charge in [0, 0.05) is 5.69 Å². The zero-order valence-electron chi connectivity index (χ0n) is 15.2. The highest BCUT2D eigenvalue weighted by Crippen LogP contribution is 2.18. The lowest BCUT2D eigenvalue weighted by Crippen LogP contribution is -2.52. The van der Waals surface area contributed by atoms with Crippen molar-refractivity contribution in [2.45, 2.75) is 32.5 Å². The van der Waals surface area contributed by atoms with E-state index in [-0.39, 0.29) is 6.61 Å². The van der Waals surface area contributed by atoms with E-state index in [1.165, 1.54) is 13.8 Å². The third kappa shape index (κ3) is 5.57. The molecule has 2 aromatic carbocycles. The van der Waals surface area contributed by atoms with Crippen LogP contribution in [0.2, 0.25) is 0 Å². The van der Waals surface area contributed by atoms with Crippen LogP contribution >= 0.6 is 0 Å². The summed E-state index contributed by atoms with van der Waals surface area (Å²) in [6.07, 6.45) is -0.754. The summed E-state index contributed by atoms with van der Waals surface area (Å²) in [7, 11) is 0. The molecule has 7 heteroatoms. The average molecular weight is 370 g/mol. The second-order valence-electron chi connectivity index (χ2n) is 5.99. The lowest BCUT2D eigenvalue weighted by molar-refractivity contribution is -0.139. The van der Waals surface area contributed by atoms with Gasteiger partial charge in [-0.25, -0.2) is 9.59 Å². The number of anilines is 1. The van der Waals surface area contributed by atoms with Crippen molar-refractivity contribution in [1.82, 2.24) is 5.32 Å². The Labute approximate surface area is 157 Å². The Balaban J connectivity index is 2.03. The van der Waals surface area contributed by atoms with Crippen molar-refractivity contribution in [1.29, 1.82) is 0 Å². The third-order valence-corrected chi connectivity index (χ3v) is 3.93. The lowest BCUT2D eigenvalue weighted by atomic mass is 10.1. The van der Waals surface area contributed by atoms with Gasteiger partial charge in [0.05, 0.1) is 0 Å². The second-order valence-corrected chi connectivity index (χ2v) is 5.99. The van der Waals surface area contributed by atoms with E-state index in [9.17, 15) is 19.5 Å². The van der Waals surface area contributed by atoms with E-state index in [2.05, 4.69) is 5.32 Å². The molecule has 2 aromatic rings. The predicted octanol–water partition coefficient (Wildman–Crippen LogP) is 2.81. The maximum atomic E-state index is 12.8. The fourth-order valence-corrected chi connectivity index (χ4v) is 2.45. The number of carboxylic acid groups (broad SMARTS) is 1. The van der Waals surface area contributed by atoms with E-state index in [0.717, 1.165) is 10.5 Å². The molecule has 0 saturated carbocycles. The van der Waals surface area contributed by atoms with Crippen molar-refractivity contribution in [3.05, 3.63) is 66.2 Å². The van der Waals surface area contributed by atoms with Crippen LogP contribution < -0.4 is 10.2 Å². The lowest BCUT2D eigenvalue weighted by Gasteiger charge is -2.29. The summed E-state index contributed by atoms with van der Waals surface area (Å²) in [6, 6.07) is 15.5. The number of rotatable bonds is 7. The molecule has 0 aliphatic heterocycles. The Kier molecular flexibility index (Phi) is 6.93. The highest BCUT2D eigenvalue weighted by Gasteiger charge is 2.31. The van der Waals surface area contributed by atoms with Gasteiger partial charge in [0.1, 0.15) is 18.7 Å². The zero-order chi connectivity index (χ0) is 19.8. The van der Waals surface area contributed by atoms with Gasteiger partial charge in [0.15, 0.2) is 0 Å². The van der Waals surface area contributed by atoms with Gasteiger partial charge in [0.2, 0.25) is 5.91 Å².